The summed E-state index contributed by atoms with van der Waals surface area (Å²) in [4.78, 5) is 16.7. The van der Waals surface area contributed by atoms with E-state index < -0.39 is 12.2 Å². The van der Waals surface area contributed by atoms with Crippen LogP contribution in [0.15, 0.2) is 60.7 Å². The van der Waals surface area contributed by atoms with Crippen molar-refractivity contribution in [1.29, 1.82) is 0 Å². The van der Waals surface area contributed by atoms with E-state index in [1.807, 2.05) is 37.3 Å². The number of carbonyl (C=O) groups excluding carboxylic acids is 1. The number of aliphatic hydroxyl groups is 1. The molecule has 2 aromatic carbocycles. The second-order valence-corrected chi connectivity index (χ2v) is 7.33. The summed E-state index contributed by atoms with van der Waals surface area (Å²) in [5.74, 6) is 0.0406. The molecule has 5 heteroatoms. The lowest BCUT2D eigenvalue weighted by Gasteiger charge is -2.15. The molecule has 0 spiro atoms. The van der Waals surface area contributed by atoms with Crippen molar-refractivity contribution in [3.63, 3.8) is 0 Å². The van der Waals surface area contributed by atoms with E-state index in [4.69, 9.17) is 4.74 Å². The van der Waals surface area contributed by atoms with Gasteiger partial charge >= 0.3 is 6.09 Å². The van der Waals surface area contributed by atoms with Gasteiger partial charge in [-0.3, -0.25) is 4.98 Å². The Morgan fingerprint density at radius 1 is 1.07 bits per heavy atom. The van der Waals surface area contributed by atoms with Crippen molar-refractivity contribution >= 4 is 6.09 Å². The molecule has 1 aliphatic rings. The number of hydrogen-bond donors (Lipinski definition) is 2. The molecule has 1 atom stereocenters. The van der Waals surface area contributed by atoms with Gasteiger partial charge in [-0.25, -0.2) is 4.79 Å². The van der Waals surface area contributed by atoms with E-state index in [0.717, 1.165) is 17.0 Å². The molecule has 3 aromatic rings. The second kappa shape index (κ2) is 8.05. The number of pyridine rings is 1. The number of fused-ring (bicyclic) bond motifs is 3. The maximum atomic E-state index is 12.3. The van der Waals surface area contributed by atoms with Crippen LogP contribution in [0.1, 0.15) is 47.0 Å². The number of amides is 1. The molecule has 1 heterocycles. The largest absolute Gasteiger partial charge is 0.449 e. The summed E-state index contributed by atoms with van der Waals surface area (Å²) in [5.41, 5.74) is 7.05. The van der Waals surface area contributed by atoms with Gasteiger partial charge in [-0.15, -0.1) is 0 Å². The summed E-state index contributed by atoms with van der Waals surface area (Å²) in [6, 6.07) is 20.1. The molecule has 5 nitrogen and oxygen atoms in total. The molecule has 1 amide bonds. The molecule has 2 N–H and O–H groups in total. The van der Waals surface area contributed by atoms with Crippen molar-refractivity contribution in [2.45, 2.75) is 32.4 Å². The molecule has 0 saturated heterocycles. The number of rotatable bonds is 5. The highest BCUT2D eigenvalue weighted by Crippen LogP contribution is 2.44. The zero-order valence-corrected chi connectivity index (χ0v) is 16.6. The van der Waals surface area contributed by atoms with Crippen molar-refractivity contribution in [1.82, 2.24) is 10.3 Å². The first kappa shape index (κ1) is 19.2. The van der Waals surface area contributed by atoms with Crippen LogP contribution in [0.2, 0.25) is 0 Å². The van der Waals surface area contributed by atoms with Crippen LogP contribution in [0.3, 0.4) is 0 Å². The van der Waals surface area contributed by atoms with Crippen LogP contribution in [-0.4, -0.2) is 22.8 Å². The zero-order valence-electron chi connectivity index (χ0n) is 16.6. The van der Waals surface area contributed by atoms with Crippen LogP contribution >= 0.6 is 0 Å². The minimum atomic E-state index is -0.563. The van der Waals surface area contributed by atoms with E-state index in [9.17, 15) is 9.90 Å². The number of hydrogen-bond acceptors (Lipinski definition) is 4. The molecule has 29 heavy (non-hydrogen) atoms. The van der Waals surface area contributed by atoms with Crippen molar-refractivity contribution in [3.8, 4) is 11.1 Å². The van der Waals surface area contributed by atoms with Gasteiger partial charge in [-0.05, 0) is 42.2 Å². The van der Waals surface area contributed by atoms with Gasteiger partial charge in [0.2, 0.25) is 0 Å². The number of aromatic nitrogens is 1. The average molecular weight is 388 g/mol. The lowest BCUT2D eigenvalue weighted by Crippen LogP contribution is -2.26. The zero-order chi connectivity index (χ0) is 20.4. The van der Waals surface area contributed by atoms with E-state index in [2.05, 4.69) is 34.6 Å². The fourth-order valence-corrected chi connectivity index (χ4v) is 3.98. The van der Waals surface area contributed by atoms with E-state index in [1.165, 1.54) is 22.3 Å². The lowest BCUT2D eigenvalue weighted by molar-refractivity contribution is 0.142. The molecule has 0 saturated carbocycles. The third kappa shape index (κ3) is 3.87. The predicted octanol–water partition coefficient (Wildman–Crippen LogP) is 4.48. The van der Waals surface area contributed by atoms with Gasteiger partial charge in [0.05, 0.1) is 18.3 Å². The number of carbonyl (C=O) groups is 1. The lowest BCUT2D eigenvalue weighted by atomic mass is 9.98. The van der Waals surface area contributed by atoms with Crippen LogP contribution in [0.25, 0.3) is 11.1 Å². The van der Waals surface area contributed by atoms with Crippen molar-refractivity contribution in [3.05, 3.63) is 88.7 Å². The SMILES string of the molecule is Cc1nc(CNC(=O)OCC2c3ccccc3-c3ccccc32)ccc1C(C)O. The minimum absolute atomic E-state index is 0.0406. The molecular weight excluding hydrogens is 364 g/mol. The summed E-state index contributed by atoms with van der Waals surface area (Å²) in [7, 11) is 0. The van der Waals surface area contributed by atoms with Crippen LogP contribution in [-0.2, 0) is 11.3 Å². The Balaban J connectivity index is 1.39. The second-order valence-electron chi connectivity index (χ2n) is 7.33. The number of aliphatic hydroxyl groups excluding tert-OH is 1. The first-order valence-corrected chi connectivity index (χ1v) is 9.78. The predicted molar refractivity (Wildman–Crippen MR) is 112 cm³/mol. The Kier molecular flexibility index (Phi) is 5.32. The van der Waals surface area contributed by atoms with Crippen molar-refractivity contribution in [2.24, 2.45) is 0 Å². The van der Waals surface area contributed by atoms with E-state index in [0.29, 0.717) is 0 Å². The summed E-state index contributed by atoms with van der Waals surface area (Å²) >= 11 is 0. The van der Waals surface area contributed by atoms with E-state index in [-0.39, 0.29) is 19.1 Å². The standard InChI is InChI=1S/C24H24N2O3/c1-15-18(16(2)27)12-11-17(26-15)13-25-24(28)29-14-23-21-9-5-3-7-19(21)20-8-4-6-10-22(20)23/h3-12,16,23,27H,13-14H2,1-2H3,(H,25,28). The molecule has 0 bridgehead atoms. The van der Waals surface area contributed by atoms with Crippen LogP contribution < -0.4 is 5.32 Å². The van der Waals surface area contributed by atoms with Gasteiger partial charge in [0.1, 0.15) is 6.61 Å². The Morgan fingerprint density at radius 2 is 1.69 bits per heavy atom. The number of alkyl carbamates (subject to hydrolysis) is 1. The molecule has 0 fully saturated rings. The molecule has 148 valence electrons. The quantitative estimate of drug-likeness (QED) is 0.676. The topological polar surface area (TPSA) is 71.5 Å². The summed E-state index contributed by atoms with van der Waals surface area (Å²) in [5, 5.41) is 12.5. The Morgan fingerprint density at radius 3 is 2.28 bits per heavy atom. The smallest absolute Gasteiger partial charge is 0.407 e. The maximum absolute atomic E-state index is 12.3. The third-order valence-corrected chi connectivity index (χ3v) is 5.39. The van der Waals surface area contributed by atoms with E-state index in [1.54, 1.807) is 13.0 Å². The summed E-state index contributed by atoms with van der Waals surface area (Å²) in [6.07, 6.45) is -1.03. The Labute approximate surface area is 170 Å². The average Bonchev–Trinajstić information content (AvgIpc) is 3.04. The summed E-state index contributed by atoms with van der Waals surface area (Å²) < 4.78 is 5.54. The molecule has 0 aliphatic heterocycles. The fourth-order valence-electron chi connectivity index (χ4n) is 3.98. The first-order chi connectivity index (χ1) is 14.0. The van der Waals surface area contributed by atoms with Gasteiger partial charge in [0.25, 0.3) is 0 Å². The number of nitrogens with one attached hydrogen (secondary N) is 1. The molecule has 1 unspecified atom stereocenters. The first-order valence-electron chi connectivity index (χ1n) is 9.78. The summed E-state index contributed by atoms with van der Waals surface area (Å²) in [6.45, 7) is 4.11. The highest BCUT2D eigenvalue weighted by molar-refractivity contribution is 5.79. The minimum Gasteiger partial charge on any atom is -0.449 e. The van der Waals surface area contributed by atoms with Gasteiger partial charge in [0, 0.05) is 17.2 Å². The molecule has 1 aliphatic carbocycles. The monoisotopic (exact) mass is 388 g/mol. The normalized spacial score (nSPS) is 13.5. The van der Waals surface area contributed by atoms with Crippen molar-refractivity contribution in [2.75, 3.05) is 6.61 Å². The number of nitrogens with zero attached hydrogens (tertiary/aromatic N) is 1. The third-order valence-electron chi connectivity index (χ3n) is 5.39. The Bertz CT molecular complexity index is 1000. The van der Waals surface area contributed by atoms with Gasteiger partial charge in [-0.2, -0.15) is 0 Å². The number of aryl methyl sites for hydroxylation is 1. The van der Waals surface area contributed by atoms with Gasteiger partial charge < -0.3 is 15.2 Å². The highest BCUT2D eigenvalue weighted by Gasteiger charge is 2.28. The number of ether oxygens (including phenoxy) is 1. The fraction of sp³-hybridized carbons (Fsp3) is 0.250. The van der Waals surface area contributed by atoms with Gasteiger partial charge in [-0.1, -0.05) is 54.6 Å². The highest BCUT2D eigenvalue weighted by atomic mass is 16.5. The maximum Gasteiger partial charge on any atom is 0.407 e. The molecule has 1 aromatic heterocycles. The van der Waals surface area contributed by atoms with Crippen LogP contribution in [0, 0.1) is 6.92 Å². The molecule has 4 rings (SSSR count). The molecular formula is C24H24N2O3. The van der Waals surface area contributed by atoms with Gasteiger partial charge in [0.15, 0.2) is 0 Å². The number of benzene rings is 2. The molecule has 0 radical (unpaired) electrons. The van der Waals surface area contributed by atoms with E-state index >= 15 is 0 Å². The van der Waals surface area contributed by atoms with Crippen molar-refractivity contribution < 1.29 is 14.6 Å². The Hall–Kier alpha value is -3.18. The van der Waals surface area contributed by atoms with Crippen LogP contribution in [0.4, 0.5) is 4.79 Å². The van der Waals surface area contributed by atoms with Crippen LogP contribution in [0.5, 0.6) is 0 Å².